The van der Waals surface area contributed by atoms with Crippen LogP contribution in [0.1, 0.15) is 47.5 Å². The number of hydrogen-bond donors (Lipinski definition) is 0. The van der Waals surface area contributed by atoms with Crippen LogP contribution >= 0.6 is 23.5 Å². The molecule has 0 N–H and O–H groups in total. The van der Waals surface area contributed by atoms with E-state index >= 15 is 0 Å². The van der Waals surface area contributed by atoms with Crippen molar-refractivity contribution in [1.29, 1.82) is 0 Å². The molecule has 4 aromatic rings. The Morgan fingerprint density at radius 2 is 1.29 bits per heavy atom. The van der Waals surface area contributed by atoms with E-state index in [9.17, 15) is 4.79 Å². The van der Waals surface area contributed by atoms with Gasteiger partial charge in [-0.2, -0.15) is 9.36 Å². The molecule has 0 amide bonds. The number of rotatable bonds is 8. The topological polar surface area (TPSA) is 104 Å². The molecule has 2 aromatic carbocycles. The van der Waals surface area contributed by atoms with E-state index in [1.165, 1.54) is 23.5 Å². The summed E-state index contributed by atoms with van der Waals surface area (Å²) in [6.07, 6.45) is 1.72. The van der Waals surface area contributed by atoms with E-state index in [-0.39, 0.29) is 33.0 Å². The maximum atomic E-state index is 14.1. The Labute approximate surface area is 231 Å². The van der Waals surface area contributed by atoms with Crippen molar-refractivity contribution in [2.75, 3.05) is 0 Å². The average molecular weight is 549 g/mol. The number of carbonyl (C=O) groups is 1. The summed E-state index contributed by atoms with van der Waals surface area (Å²) in [6, 6.07) is 19.5. The smallest absolute Gasteiger partial charge is 0.214 e. The van der Waals surface area contributed by atoms with Gasteiger partial charge >= 0.3 is 0 Å². The molecular formula is C27H32N8OS2. The second kappa shape index (κ2) is 10.6. The van der Waals surface area contributed by atoms with Crippen LogP contribution in [0, 0.1) is 16.7 Å². The van der Waals surface area contributed by atoms with Crippen LogP contribution in [0.25, 0.3) is 11.4 Å². The lowest BCUT2D eigenvalue weighted by atomic mass is 9.68. The van der Waals surface area contributed by atoms with Gasteiger partial charge in [-0.05, 0) is 74.7 Å². The zero-order valence-corrected chi connectivity index (χ0v) is 23.9. The molecule has 5 rings (SSSR count). The highest BCUT2D eigenvalue weighted by Gasteiger charge is 2.51. The number of aromatic nitrogens is 8. The number of hydrogen-bond acceptors (Lipinski definition) is 9. The van der Waals surface area contributed by atoms with Crippen molar-refractivity contribution in [2.24, 2.45) is 16.7 Å². The maximum absolute atomic E-state index is 14.1. The van der Waals surface area contributed by atoms with E-state index in [0.29, 0.717) is 10.3 Å². The molecule has 9 nitrogen and oxygen atoms in total. The van der Waals surface area contributed by atoms with Crippen molar-refractivity contribution >= 4 is 29.3 Å². The number of para-hydroxylation sites is 2. The summed E-state index contributed by atoms with van der Waals surface area (Å²) in [5, 5.41) is 25.5. The number of thioether (sulfide) groups is 2. The maximum Gasteiger partial charge on any atom is 0.214 e. The predicted octanol–water partition coefficient (Wildman–Crippen LogP) is 5.31. The average Bonchev–Trinajstić information content (AvgIpc) is 3.60. The fourth-order valence-corrected chi connectivity index (χ4v) is 8.24. The third-order valence-corrected chi connectivity index (χ3v) is 9.24. The molecule has 2 aromatic heterocycles. The molecule has 38 heavy (non-hydrogen) atoms. The quantitative estimate of drug-likeness (QED) is 0.290. The lowest BCUT2D eigenvalue weighted by molar-refractivity contribution is -0.117. The van der Waals surface area contributed by atoms with Gasteiger partial charge in [-0.25, -0.2) is 0 Å². The van der Waals surface area contributed by atoms with E-state index in [4.69, 9.17) is 0 Å². The Hall–Kier alpha value is -3.05. The molecule has 0 radical (unpaired) electrons. The highest BCUT2D eigenvalue weighted by molar-refractivity contribution is 8.02. The summed E-state index contributed by atoms with van der Waals surface area (Å²) < 4.78 is 3.41. The number of ketones is 1. The fraction of sp³-hybridized carbons (Fsp3) is 0.444. The Morgan fingerprint density at radius 3 is 1.79 bits per heavy atom. The van der Waals surface area contributed by atoms with Crippen LogP contribution < -0.4 is 0 Å². The van der Waals surface area contributed by atoms with Crippen molar-refractivity contribution in [3.05, 3.63) is 60.7 Å². The molecule has 3 unspecified atom stereocenters. The van der Waals surface area contributed by atoms with Gasteiger partial charge in [0.25, 0.3) is 0 Å². The number of benzene rings is 2. The molecule has 3 atom stereocenters. The van der Waals surface area contributed by atoms with Crippen LogP contribution in [-0.2, 0) is 4.79 Å². The molecule has 1 aliphatic carbocycles. The van der Waals surface area contributed by atoms with Gasteiger partial charge < -0.3 is 0 Å². The minimum Gasteiger partial charge on any atom is -0.297 e. The third kappa shape index (κ3) is 5.68. The monoisotopic (exact) mass is 548 g/mol. The molecule has 2 heterocycles. The zero-order valence-electron chi connectivity index (χ0n) is 22.2. The molecule has 1 aliphatic rings. The molecule has 1 fully saturated rings. The number of nitrogens with zero attached hydrogens (tertiary/aromatic N) is 8. The number of tetrazole rings is 2. The first-order chi connectivity index (χ1) is 18.1. The first-order valence-corrected chi connectivity index (χ1v) is 14.4. The second-order valence-corrected chi connectivity index (χ2v) is 13.8. The number of Topliss-reactive ketones (excluding diaryl/α,β-unsaturated/α-hetero) is 1. The summed E-state index contributed by atoms with van der Waals surface area (Å²) in [7, 11) is 0. The summed E-state index contributed by atoms with van der Waals surface area (Å²) in [6.45, 7) is 11.3. The Kier molecular flexibility index (Phi) is 7.41. The van der Waals surface area contributed by atoms with Crippen LogP contribution in [0.3, 0.4) is 0 Å². The van der Waals surface area contributed by atoms with E-state index < -0.39 is 0 Å². The van der Waals surface area contributed by atoms with Gasteiger partial charge in [-0.1, -0.05) is 94.5 Å². The minimum atomic E-state index is -0.292. The molecule has 0 bridgehead atoms. The van der Waals surface area contributed by atoms with Crippen molar-refractivity contribution in [3.63, 3.8) is 0 Å². The van der Waals surface area contributed by atoms with Crippen molar-refractivity contribution in [3.8, 4) is 11.4 Å². The normalized spacial score (nSPS) is 20.2. The largest absolute Gasteiger partial charge is 0.297 e. The van der Waals surface area contributed by atoms with Crippen molar-refractivity contribution in [1.82, 2.24) is 40.4 Å². The predicted molar refractivity (Wildman–Crippen MR) is 149 cm³/mol. The lowest BCUT2D eigenvalue weighted by Gasteiger charge is -2.39. The summed E-state index contributed by atoms with van der Waals surface area (Å²) in [5.41, 5.74) is 1.76. The van der Waals surface area contributed by atoms with Gasteiger partial charge in [0.05, 0.1) is 21.9 Å². The Bertz CT molecular complexity index is 1380. The summed E-state index contributed by atoms with van der Waals surface area (Å²) in [5.74, 6) is 0.302. The lowest BCUT2D eigenvalue weighted by Crippen LogP contribution is -2.34. The van der Waals surface area contributed by atoms with Gasteiger partial charge in [-0.15, -0.1) is 10.2 Å². The highest BCUT2D eigenvalue weighted by atomic mass is 32.2. The first-order valence-electron chi connectivity index (χ1n) is 12.7. The summed E-state index contributed by atoms with van der Waals surface area (Å²) in [4.78, 5) is 14.1. The van der Waals surface area contributed by atoms with Crippen LogP contribution in [0.15, 0.2) is 71.0 Å². The van der Waals surface area contributed by atoms with Crippen LogP contribution in [-0.4, -0.2) is 56.7 Å². The molecule has 0 saturated heterocycles. The van der Waals surface area contributed by atoms with E-state index in [0.717, 1.165) is 24.2 Å². The molecule has 0 aliphatic heterocycles. The summed E-state index contributed by atoms with van der Waals surface area (Å²) >= 11 is 2.92. The molecule has 11 heteroatoms. The minimum absolute atomic E-state index is 0.0860. The standard InChI is InChI=1S/C27H32N8OS2/c1-26(2,3)17-27(4,5)20-16-21(37-24-28-30-32-34(24)18-12-8-6-9-13-18)22(36)23(20)38-25-29-31-33-35(25)19-14-10-7-11-15-19/h6-15,20-21,23H,16-17H2,1-5H3. The van der Waals surface area contributed by atoms with Gasteiger partial charge in [0.1, 0.15) is 0 Å². The number of carbonyl (C=O) groups excluding carboxylic acids is 1. The highest BCUT2D eigenvalue weighted by Crippen LogP contribution is 2.52. The van der Waals surface area contributed by atoms with Gasteiger partial charge in [0, 0.05) is 0 Å². The van der Waals surface area contributed by atoms with Crippen LogP contribution in [0.2, 0.25) is 0 Å². The first kappa shape index (κ1) is 26.6. The van der Waals surface area contributed by atoms with Crippen molar-refractivity contribution < 1.29 is 4.79 Å². The Morgan fingerprint density at radius 1 is 0.789 bits per heavy atom. The fourth-order valence-electron chi connectivity index (χ4n) is 5.53. The molecule has 1 saturated carbocycles. The molecule has 0 spiro atoms. The van der Waals surface area contributed by atoms with Gasteiger partial charge in [-0.3, -0.25) is 4.79 Å². The van der Waals surface area contributed by atoms with E-state index in [1.807, 2.05) is 60.7 Å². The van der Waals surface area contributed by atoms with Gasteiger partial charge in [0.2, 0.25) is 10.3 Å². The molecular weight excluding hydrogens is 516 g/mol. The molecule has 198 valence electrons. The zero-order chi connectivity index (χ0) is 26.9. The van der Waals surface area contributed by atoms with Crippen LogP contribution in [0.5, 0.6) is 0 Å². The van der Waals surface area contributed by atoms with E-state index in [2.05, 4.69) is 65.7 Å². The third-order valence-electron chi connectivity index (χ3n) is 6.78. The van der Waals surface area contributed by atoms with E-state index in [1.54, 1.807) is 9.36 Å². The second-order valence-electron chi connectivity index (χ2n) is 11.5. The van der Waals surface area contributed by atoms with Crippen molar-refractivity contribution in [2.45, 2.75) is 68.3 Å². The SMILES string of the molecule is CC(C)(C)CC(C)(C)C1CC(Sc2nnnn2-c2ccccc2)C(=O)C1Sc1nnnn1-c1ccccc1. The van der Waals surface area contributed by atoms with Gasteiger partial charge in [0.15, 0.2) is 5.78 Å². The van der Waals surface area contributed by atoms with Crippen LogP contribution in [0.4, 0.5) is 0 Å². The Balaban J connectivity index is 1.45.